The molecular formula is C19H28IN5O2S2. The van der Waals surface area contributed by atoms with Crippen LogP contribution in [0.15, 0.2) is 45.6 Å². The van der Waals surface area contributed by atoms with E-state index in [0.717, 1.165) is 22.8 Å². The van der Waals surface area contributed by atoms with Gasteiger partial charge < -0.3 is 10.6 Å². The number of benzene rings is 1. The van der Waals surface area contributed by atoms with Crippen molar-refractivity contribution in [2.24, 2.45) is 10.1 Å². The van der Waals surface area contributed by atoms with Crippen molar-refractivity contribution in [3.63, 3.8) is 0 Å². The van der Waals surface area contributed by atoms with Crippen LogP contribution in [0.3, 0.4) is 0 Å². The van der Waals surface area contributed by atoms with Gasteiger partial charge in [-0.3, -0.25) is 9.89 Å². The van der Waals surface area contributed by atoms with Crippen molar-refractivity contribution in [2.45, 2.75) is 36.7 Å². The smallest absolute Gasteiger partial charge is 0.247 e. The van der Waals surface area contributed by atoms with Gasteiger partial charge in [-0.1, -0.05) is 24.3 Å². The summed E-state index contributed by atoms with van der Waals surface area (Å²) in [6.45, 7) is 4.58. The Morgan fingerprint density at radius 2 is 1.69 bits per heavy atom. The second-order valence-corrected chi connectivity index (χ2v) is 9.80. The molecule has 0 unspecified atom stereocenters. The highest BCUT2D eigenvalue weighted by Crippen LogP contribution is 2.20. The normalized spacial score (nSPS) is 15.2. The fourth-order valence-corrected chi connectivity index (χ4v) is 4.86. The van der Waals surface area contributed by atoms with Gasteiger partial charge in [0.05, 0.1) is 6.54 Å². The topological polar surface area (TPSA) is 99.8 Å². The maximum Gasteiger partial charge on any atom is 0.247 e. The molecule has 1 saturated heterocycles. The quantitative estimate of drug-likeness (QED) is 0.280. The molecule has 0 radical (unpaired) electrons. The molecule has 0 saturated carbocycles. The molecule has 0 aliphatic carbocycles. The van der Waals surface area contributed by atoms with Gasteiger partial charge in [-0.15, -0.1) is 35.3 Å². The molecule has 0 atom stereocenters. The standard InChI is InChI=1S/C19H27N5O2S2.HI/c1-21-19(23-13-17-8-9-18(27-17)28(20,25)26)22-12-15-4-6-16(7-5-15)14-24-10-2-3-11-24;/h4-9H,2-3,10-14H2,1H3,(H2,20,25,26)(H2,21,22,23);1H. The summed E-state index contributed by atoms with van der Waals surface area (Å²) in [7, 11) is -1.93. The number of likely N-dealkylation sites (tertiary alicyclic amines) is 1. The highest BCUT2D eigenvalue weighted by atomic mass is 127. The molecule has 1 fully saturated rings. The number of thiophene rings is 1. The van der Waals surface area contributed by atoms with Crippen LogP contribution in [0.5, 0.6) is 0 Å². The van der Waals surface area contributed by atoms with E-state index in [-0.39, 0.29) is 28.2 Å². The molecule has 4 N–H and O–H groups in total. The molecule has 10 heteroatoms. The van der Waals surface area contributed by atoms with E-state index in [1.165, 1.54) is 43.1 Å². The number of aliphatic imine (C=N–C) groups is 1. The number of nitrogens with zero attached hydrogens (tertiary/aromatic N) is 2. The molecule has 1 aliphatic rings. The molecule has 7 nitrogen and oxygen atoms in total. The SMILES string of the molecule is CN=C(NCc1ccc(CN2CCCC2)cc1)NCc1ccc(S(N)(=O)=O)s1.I. The highest BCUT2D eigenvalue weighted by Gasteiger charge is 2.12. The summed E-state index contributed by atoms with van der Waals surface area (Å²) in [5.41, 5.74) is 2.53. The van der Waals surface area contributed by atoms with Crippen molar-refractivity contribution >= 4 is 51.3 Å². The Morgan fingerprint density at radius 1 is 1.07 bits per heavy atom. The Morgan fingerprint density at radius 3 is 2.28 bits per heavy atom. The average molecular weight is 550 g/mol. The van der Waals surface area contributed by atoms with Gasteiger partial charge in [0.25, 0.3) is 0 Å². The van der Waals surface area contributed by atoms with E-state index in [9.17, 15) is 8.42 Å². The molecule has 0 amide bonds. The molecule has 1 aromatic heterocycles. The first-order valence-electron chi connectivity index (χ1n) is 9.30. The number of hydrogen-bond acceptors (Lipinski definition) is 5. The Kier molecular flexibility index (Phi) is 9.34. The first-order valence-corrected chi connectivity index (χ1v) is 11.7. The molecule has 1 aromatic carbocycles. The Balaban J connectivity index is 0.00000300. The van der Waals surface area contributed by atoms with E-state index in [4.69, 9.17) is 5.14 Å². The van der Waals surface area contributed by atoms with Crippen LogP contribution in [0.2, 0.25) is 0 Å². The van der Waals surface area contributed by atoms with E-state index < -0.39 is 10.0 Å². The maximum atomic E-state index is 11.3. The lowest BCUT2D eigenvalue weighted by Gasteiger charge is -2.15. The number of primary sulfonamides is 1. The number of guanidine groups is 1. The number of sulfonamides is 1. The fraction of sp³-hybridized carbons (Fsp3) is 0.421. The zero-order chi connectivity index (χ0) is 20.0. The minimum atomic E-state index is -3.64. The van der Waals surface area contributed by atoms with E-state index in [1.54, 1.807) is 13.1 Å². The van der Waals surface area contributed by atoms with Crippen LogP contribution in [0.4, 0.5) is 0 Å². The largest absolute Gasteiger partial charge is 0.352 e. The Hall–Kier alpha value is -1.21. The average Bonchev–Trinajstić information content (AvgIpc) is 3.35. The molecule has 29 heavy (non-hydrogen) atoms. The Bertz CT molecular complexity index is 907. The van der Waals surface area contributed by atoms with Crippen LogP contribution in [0.1, 0.15) is 28.8 Å². The van der Waals surface area contributed by atoms with Crippen molar-refractivity contribution in [3.8, 4) is 0 Å². The van der Waals surface area contributed by atoms with Gasteiger partial charge in [0.15, 0.2) is 5.96 Å². The third-order valence-corrected chi connectivity index (χ3v) is 7.18. The minimum Gasteiger partial charge on any atom is -0.352 e. The number of nitrogens with two attached hydrogens (primary N) is 1. The third-order valence-electron chi connectivity index (χ3n) is 4.66. The molecule has 3 rings (SSSR count). The van der Waals surface area contributed by atoms with Crippen molar-refractivity contribution in [1.29, 1.82) is 0 Å². The zero-order valence-electron chi connectivity index (χ0n) is 16.4. The van der Waals surface area contributed by atoms with Crippen LogP contribution in [-0.4, -0.2) is 39.4 Å². The van der Waals surface area contributed by atoms with Crippen molar-refractivity contribution in [3.05, 3.63) is 52.4 Å². The first-order chi connectivity index (χ1) is 13.4. The number of nitrogens with one attached hydrogen (secondary N) is 2. The van der Waals surface area contributed by atoms with Crippen LogP contribution in [-0.2, 0) is 29.7 Å². The van der Waals surface area contributed by atoms with Gasteiger partial charge in [-0.25, -0.2) is 13.6 Å². The lowest BCUT2D eigenvalue weighted by Crippen LogP contribution is -2.36. The van der Waals surface area contributed by atoms with Gasteiger partial charge >= 0.3 is 0 Å². The summed E-state index contributed by atoms with van der Waals surface area (Å²) in [5, 5.41) is 11.6. The fourth-order valence-electron chi connectivity index (χ4n) is 3.14. The van der Waals surface area contributed by atoms with Gasteiger partial charge in [-0.05, 0) is 49.2 Å². The van der Waals surface area contributed by atoms with Crippen LogP contribution in [0.25, 0.3) is 0 Å². The lowest BCUT2D eigenvalue weighted by molar-refractivity contribution is 0.331. The molecule has 2 heterocycles. The summed E-state index contributed by atoms with van der Waals surface area (Å²) >= 11 is 1.16. The predicted molar refractivity (Wildman–Crippen MR) is 129 cm³/mol. The number of hydrogen-bond donors (Lipinski definition) is 3. The van der Waals surface area contributed by atoms with Gasteiger partial charge in [-0.2, -0.15) is 0 Å². The van der Waals surface area contributed by atoms with Crippen molar-refractivity contribution in [2.75, 3.05) is 20.1 Å². The van der Waals surface area contributed by atoms with Gasteiger partial charge in [0.1, 0.15) is 4.21 Å². The summed E-state index contributed by atoms with van der Waals surface area (Å²) in [4.78, 5) is 7.57. The lowest BCUT2D eigenvalue weighted by atomic mass is 10.1. The van der Waals surface area contributed by atoms with E-state index in [2.05, 4.69) is 44.8 Å². The first kappa shape index (κ1) is 24.1. The second-order valence-electron chi connectivity index (χ2n) is 6.84. The van der Waals surface area contributed by atoms with E-state index in [0.29, 0.717) is 19.0 Å². The maximum absolute atomic E-state index is 11.3. The van der Waals surface area contributed by atoms with E-state index >= 15 is 0 Å². The van der Waals surface area contributed by atoms with Crippen molar-refractivity contribution < 1.29 is 8.42 Å². The van der Waals surface area contributed by atoms with Crippen LogP contribution < -0.4 is 15.8 Å². The molecule has 160 valence electrons. The molecular weight excluding hydrogens is 521 g/mol. The zero-order valence-corrected chi connectivity index (χ0v) is 20.4. The van der Waals surface area contributed by atoms with Crippen LogP contribution in [0, 0.1) is 0 Å². The van der Waals surface area contributed by atoms with Gasteiger partial charge in [0, 0.05) is 25.0 Å². The summed E-state index contributed by atoms with van der Waals surface area (Å²) < 4.78 is 22.9. The molecule has 0 spiro atoms. The molecule has 2 aromatic rings. The van der Waals surface area contributed by atoms with Crippen LogP contribution >= 0.6 is 35.3 Å². The minimum absolute atomic E-state index is 0. The van der Waals surface area contributed by atoms with E-state index in [1.807, 2.05) is 0 Å². The number of rotatable bonds is 7. The van der Waals surface area contributed by atoms with Crippen molar-refractivity contribution in [1.82, 2.24) is 15.5 Å². The summed E-state index contributed by atoms with van der Waals surface area (Å²) in [6, 6.07) is 11.9. The highest BCUT2D eigenvalue weighted by molar-refractivity contribution is 14.0. The Labute approximate surface area is 193 Å². The third kappa shape index (κ3) is 7.52. The molecule has 1 aliphatic heterocycles. The number of halogens is 1. The molecule has 0 bridgehead atoms. The predicted octanol–water partition coefficient (Wildman–Crippen LogP) is 2.47. The van der Waals surface area contributed by atoms with Gasteiger partial charge in [0.2, 0.25) is 10.0 Å². The summed E-state index contributed by atoms with van der Waals surface area (Å²) in [6.07, 6.45) is 2.62. The second kappa shape index (κ2) is 11.3. The summed E-state index contributed by atoms with van der Waals surface area (Å²) in [5.74, 6) is 0.659. The monoisotopic (exact) mass is 549 g/mol.